The van der Waals surface area contributed by atoms with Gasteiger partial charge in [-0.3, -0.25) is 4.79 Å². The minimum Gasteiger partial charge on any atom is -0.384 e. The zero-order valence-electron chi connectivity index (χ0n) is 16.5. The fourth-order valence-electron chi connectivity index (χ4n) is 4.53. The highest BCUT2D eigenvalue weighted by molar-refractivity contribution is 5.85. The number of amides is 1. The van der Waals surface area contributed by atoms with E-state index < -0.39 is 5.41 Å². The van der Waals surface area contributed by atoms with Crippen LogP contribution in [0.2, 0.25) is 0 Å². The van der Waals surface area contributed by atoms with Gasteiger partial charge in [0.25, 0.3) is 0 Å². The predicted octanol–water partition coefficient (Wildman–Crippen LogP) is 2.60. The van der Waals surface area contributed by atoms with Gasteiger partial charge in [-0.25, -0.2) is 0 Å². The summed E-state index contributed by atoms with van der Waals surface area (Å²) in [7, 11) is 1.68. The second kappa shape index (κ2) is 9.87. The minimum atomic E-state index is -0.405. The van der Waals surface area contributed by atoms with Gasteiger partial charge < -0.3 is 20.1 Å². The zero-order valence-corrected chi connectivity index (χ0v) is 17.3. The lowest BCUT2D eigenvalue weighted by Crippen LogP contribution is -2.53. The average molecular weight is 397 g/mol. The number of halogens is 1. The molecule has 0 bridgehead atoms. The number of carbonyl (C=O) groups excluding carboxylic acids is 1. The van der Waals surface area contributed by atoms with Gasteiger partial charge in [-0.05, 0) is 56.8 Å². The molecule has 0 spiro atoms. The molecule has 2 aliphatic heterocycles. The van der Waals surface area contributed by atoms with Crippen LogP contribution in [0.3, 0.4) is 0 Å². The molecule has 0 saturated carbocycles. The van der Waals surface area contributed by atoms with E-state index >= 15 is 0 Å². The first-order valence-corrected chi connectivity index (χ1v) is 9.74. The van der Waals surface area contributed by atoms with E-state index in [4.69, 9.17) is 9.47 Å². The third-order valence-electron chi connectivity index (χ3n) is 6.22. The molecule has 2 N–H and O–H groups in total. The maximum absolute atomic E-state index is 13.2. The summed E-state index contributed by atoms with van der Waals surface area (Å²) in [6.45, 7) is 6.54. The number of rotatable bonds is 6. The van der Waals surface area contributed by atoms with E-state index in [9.17, 15) is 4.79 Å². The van der Waals surface area contributed by atoms with Crippen molar-refractivity contribution in [3.63, 3.8) is 0 Å². The first-order valence-electron chi connectivity index (χ1n) is 9.74. The van der Waals surface area contributed by atoms with E-state index in [2.05, 4.69) is 41.8 Å². The van der Waals surface area contributed by atoms with Crippen LogP contribution in [0.5, 0.6) is 0 Å². The molecule has 0 atom stereocenters. The van der Waals surface area contributed by atoms with E-state index in [-0.39, 0.29) is 23.7 Å². The summed E-state index contributed by atoms with van der Waals surface area (Å²) < 4.78 is 11.0. The first kappa shape index (κ1) is 22.2. The van der Waals surface area contributed by atoms with Gasteiger partial charge in [-0.2, -0.15) is 0 Å². The van der Waals surface area contributed by atoms with Crippen molar-refractivity contribution in [3.05, 3.63) is 35.4 Å². The highest BCUT2D eigenvalue weighted by Gasteiger charge is 2.42. The maximum Gasteiger partial charge on any atom is 0.228 e. The van der Waals surface area contributed by atoms with Crippen LogP contribution in [-0.4, -0.2) is 52.5 Å². The zero-order chi connectivity index (χ0) is 18.5. The maximum atomic E-state index is 13.2. The normalized spacial score (nSPS) is 21.1. The molecular formula is C21H33ClN2O3. The van der Waals surface area contributed by atoms with E-state index in [1.165, 1.54) is 11.1 Å². The molecule has 1 aromatic rings. The van der Waals surface area contributed by atoms with Crippen LogP contribution in [0.1, 0.15) is 36.8 Å². The molecule has 2 saturated heterocycles. The molecule has 2 fully saturated rings. The lowest BCUT2D eigenvalue weighted by molar-refractivity contribution is -0.136. The quantitative estimate of drug-likeness (QED) is 0.776. The molecular weight excluding hydrogens is 364 g/mol. The van der Waals surface area contributed by atoms with Gasteiger partial charge in [0.05, 0.1) is 12.0 Å². The molecule has 2 heterocycles. The Labute approximate surface area is 169 Å². The topological polar surface area (TPSA) is 59.6 Å². The van der Waals surface area contributed by atoms with Crippen molar-refractivity contribution >= 4 is 18.3 Å². The fraction of sp³-hybridized carbons (Fsp3) is 0.667. The molecule has 0 aromatic heterocycles. The van der Waals surface area contributed by atoms with Gasteiger partial charge in [0, 0.05) is 32.3 Å². The molecule has 0 aliphatic carbocycles. The minimum absolute atomic E-state index is 0. The molecule has 3 rings (SSSR count). The van der Waals surface area contributed by atoms with Crippen LogP contribution < -0.4 is 10.6 Å². The number of nitrogens with one attached hydrogen (secondary N) is 2. The van der Waals surface area contributed by atoms with Gasteiger partial charge in [0.1, 0.15) is 0 Å². The number of ether oxygens (including phenoxy) is 2. The van der Waals surface area contributed by atoms with E-state index in [1.807, 2.05) is 0 Å². The largest absolute Gasteiger partial charge is 0.384 e. The Morgan fingerprint density at radius 2 is 1.85 bits per heavy atom. The summed E-state index contributed by atoms with van der Waals surface area (Å²) in [6.07, 6.45) is 3.54. The Balaban J connectivity index is 0.00000261. The van der Waals surface area contributed by atoms with Crippen molar-refractivity contribution in [2.75, 3.05) is 46.6 Å². The molecule has 5 nitrogen and oxygen atoms in total. The molecule has 152 valence electrons. The Kier molecular flexibility index (Phi) is 8.10. The van der Waals surface area contributed by atoms with Crippen LogP contribution in [0.25, 0.3) is 0 Å². The summed E-state index contributed by atoms with van der Waals surface area (Å²) in [5.41, 5.74) is 2.19. The molecule has 1 aromatic carbocycles. The molecule has 0 unspecified atom stereocenters. The van der Waals surface area contributed by atoms with E-state index in [0.29, 0.717) is 13.2 Å². The number of aryl methyl sites for hydroxylation is 1. The Morgan fingerprint density at radius 3 is 2.48 bits per heavy atom. The monoisotopic (exact) mass is 396 g/mol. The number of hydrogen-bond acceptors (Lipinski definition) is 4. The number of benzene rings is 1. The molecule has 0 radical (unpaired) electrons. The number of piperidine rings is 1. The van der Waals surface area contributed by atoms with Gasteiger partial charge in [-0.15, -0.1) is 12.4 Å². The van der Waals surface area contributed by atoms with Crippen molar-refractivity contribution in [3.8, 4) is 0 Å². The second-order valence-corrected chi connectivity index (χ2v) is 7.85. The van der Waals surface area contributed by atoms with Crippen molar-refractivity contribution in [2.45, 2.75) is 38.0 Å². The highest BCUT2D eigenvalue weighted by atomic mass is 35.5. The smallest absolute Gasteiger partial charge is 0.228 e. The summed E-state index contributed by atoms with van der Waals surface area (Å²) >= 11 is 0. The highest BCUT2D eigenvalue weighted by Crippen LogP contribution is 2.37. The van der Waals surface area contributed by atoms with Crippen molar-refractivity contribution < 1.29 is 14.3 Å². The van der Waals surface area contributed by atoms with Crippen LogP contribution in [0.4, 0.5) is 0 Å². The first-order chi connectivity index (χ1) is 12.6. The van der Waals surface area contributed by atoms with Gasteiger partial charge in [0.2, 0.25) is 5.91 Å². The van der Waals surface area contributed by atoms with Crippen LogP contribution in [-0.2, 0) is 19.7 Å². The SMILES string of the molecule is COCC1(C(=O)NCC2(c3ccccc3C)CCOCC2)CCNCC1.Cl. The lowest BCUT2D eigenvalue weighted by Gasteiger charge is -2.41. The standard InChI is InChI=1S/C21H32N2O3.ClH/c1-17-5-3-4-6-18(17)20(9-13-26-14-10-20)15-23-19(24)21(16-25-2)7-11-22-12-8-21;/h3-6,22H,7-16H2,1-2H3,(H,23,24);1H. The second-order valence-electron chi connectivity index (χ2n) is 7.85. The summed E-state index contributed by atoms with van der Waals surface area (Å²) in [6, 6.07) is 8.55. The molecule has 2 aliphatic rings. The van der Waals surface area contributed by atoms with Gasteiger partial charge in [-0.1, -0.05) is 24.3 Å². The number of methoxy groups -OCH3 is 1. The lowest BCUT2D eigenvalue weighted by atomic mass is 9.72. The van der Waals surface area contributed by atoms with E-state index in [1.54, 1.807) is 7.11 Å². The number of carbonyl (C=O) groups is 1. The third-order valence-corrected chi connectivity index (χ3v) is 6.22. The van der Waals surface area contributed by atoms with Crippen molar-refractivity contribution in [2.24, 2.45) is 5.41 Å². The van der Waals surface area contributed by atoms with Gasteiger partial charge in [0.15, 0.2) is 0 Å². The van der Waals surface area contributed by atoms with Crippen molar-refractivity contribution in [1.82, 2.24) is 10.6 Å². The van der Waals surface area contributed by atoms with Crippen molar-refractivity contribution in [1.29, 1.82) is 0 Å². The average Bonchev–Trinajstić information content (AvgIpc) is 2.68. The predicted molar refractivity (Wildman–Crippen MR) is 110 cm³/mol. The molecule has 27 heavy (non-hydrogen) atoms. The third kappa shape index (κ3) is 4.83. The summed E-state index contributed by atoms with van der Waals surface area (Å²) in [5.74, 6) is 0.139. The molecule has 6 heteroatoms. The van der Waals surface area contributed by atoms with Crippen LogP contribution in [0, 0.1) is 12.3 Å². The Hall–Kier alpha value is -1.14. The fourth-order valence-corrected chi connectivity index (χ4v) is 4.53. The van der Waals surface area contributed by atoms with Gasteiger partial charge >= 0.3 is 0 Å². The van der Waals surface area contributed by atoms with Crippen LogP contribution in [0.15, 0.2) is 24.3 Å². The molecule has 1 amide bonds. The number of hydrogen-bond donors (Lipinski definition) is 2. The Morgan fingerprint density at radius 1 is 1.19 bits per heavy atom. The summed E-state index contributed by atoms with van der Waals surface area (Å²) in [4.78, 5) is 13.2. The van der Waals surface area contributed by atoms with Crippen LogP contribution >= 0.6 is 12.4 Å². The summed E-state index contributed by atoms with van der Waals surface area (Å²) in [5, 5.41) is 6.66. The Bertz CT molecular complexity index is 606. The van der Waals surface area contributed by atoms with E-state index in [0.717, 1.165) is 52.0 Å².